The van der Waals surface area contributed by atoms with Gasteiger partial charge >= 0.3 is 21.1 Å². The van der Waals surface area contributed by atoms with Crippen molar-refractivity contribution >= 4 is 21.8 Å². The number of ether oxygens (including phenoxy) is 1. The summed E-state index contributed by atoms with van der Waals surface area (Å²) in [5.41, 5.74) is 10.7. The van der Waals surface area contributed by atoms with Gasteiger partial charge in [-0.1, -0.05) is 92.2 Å². The van der Waals surface area contributed by atoms with Gasteiger partial charge in [-0.3, -0.25) is 4.68 Å². The largest absolute Gasteiger partial charge is 2.00 e. The van der Waals surface area contributed by atoms with Gasteiger partial charge in [0.25, 0.3) is 0 Å². The number of fused-ring (bicyclic) bond motifs is 3. The summed E-state index contributed by atoms with van der Waals surface area (Å²) < 4.78 is 10.6. The van der Waals surface area contributed by atoms with E-state index < -0.39 is 0 Å². The van der Waals surface area contributed by atoms with Crippen molar-refractivity contribution < 1.29 is 25.8 Å². The van der Waals surface area contributed by atoms with Crippen LogP contribution in [0.15, 0.2) is 128 Å². The Kier molecular flexibility index (Phi) is 9.27. The van der Waals surface area contributed by atoms with Crippen LogP contribution in [0.3, 0.4) is 0 Å². The molecular formula is C44H36N4OPt. The fourth-order valence-electron chi connectivity index (χ4n) is 6.85. The Labute approximate surface area is 307 Å². The molecule has 0 saturated heterocycles. The molecule has 50 heavy (non-hydrogen) atoms. The fourth-order valence-corrected chi connectivity index (χ4v) is 6.85. The maximum Gasteiger partial charge on any atom is 2.00 e. The maximum atomic E-state index is 6.48. The Morgan fingerprint density at radius 1 is 0.700 bits per heavy atom. The van der Waals surface area contributed by atoms with Gasteiger partial charge in [0.15, 0.2) is 0 Å². The molecule has 0 N–H and O–H groups in total. The summed E-state index contributed by atoms with van der Waals surface area (Å²) in [5, 5.41) is 7.11. The minimum atomic E-state index is 0. The average Bonchev–Trinajstić information content (AvgIpc) is 3.61. The summed E-state index contributed by atoms with van der Waals surface area (Å²) in [6, 6.07) is 48.9. The number of rotatable bonds is 8. The third-order valence-electron chi connectivity index (χ3n) is 8.99. The molecule has 0 aliphatic heterocycles. The van der Waals surface area contributed by atoms with Crippen LogP contribution in [-0.4, -0.2) is 19.3 Å². The van der Waals surface area contributed by atoms with E-state index in [2.05, 4.69) is 122 Å². The topological polar surface area (TPSA) is 44.9 Å². The molecule has 6 heteroatoms. The van der Waals surface area contributed by atoms with Gasteiger partial charge < -0.3 is 9.30 Å². The molecule has 0 fully saturated rings. The predicted molar refractivity (Wildman–Crippen MR) is 199 cm³/mol. The van der Waals surface area contributed by atoms with Crippen LogP contribution in [0.5, 0.6) is 11.5 Å². The zero-order valence-electron chi connectivity index (χ0n) is 28.4. The van der Waals surface area contributed by atoms with Crippen molar-refractivity contribution in [1.29, 1.82) is 0 Å². The zero-order valence-corrected chi connectivity index (χ0v) is 30.7. The van der Waals surface area contributed by atoms with Crippen LogP contribution >= 0.6 is 0 Å². The molecular weight excluding hydrogens is 796 g/mol. The quantitative estimate of drug-likeness (QED) is 0.143. The Bertz CT molecular complexity index is 2440. The van der Waals surface area contributed by atoms with Crippen molar-refractivity contribution in [1.82, 2.24) is 19.3 Å². The molecule has 0 radical (unpaired) electrons. The molecule has 8 rings (SSSR count). The first-order chi connectivity index (χ1) is 23.9. The first-order valence-corrected chi connectivity index (χ1v) is 16.8. The summed E-state index contributed by atoms with van der Waals surface area (Å²) >= 11 is 0. The van der Waals surface area contributed by atoms with Crippen molar-refractivity contribution in [2.24, 2.45) is 5.92 Å². The number of aromatic nitrogens is 4. The molecule has 0 aliphatic carbocycles. The number of aryl methyl sites for hydroxylation is 1. The molecule has 3 heterocycles. The van der Waals surface area contributed by atoms with Gasteiger partial charge in [-0.2, -0.15) is 17.2 Å². The van der Waals surface area contributed by atoms with E-state index in [-0.39, 0.29) is 21.1 Å². The average molecular weight is 832 g/mol. The zero-order chi connectivity index (χ0) is 33.5. The van der Waals surface area contributed by atoms with Crippen LogP contribution in [-0.2, 0) is 27.5 Å². The summed E-state index contributed by atoms with van der Waals surface area (Å²) in [6.07, 6.45) is 2.89. The van der Waals surface area contributed by atoms with E-state index in [1.54, 1.807) is 0 Å². The van der Waals surface area contributed by atoms with Gasteiger partial charge in [0, 0.05) is 34.5 Å². The summed E-state index contributed by atoms with van der Waals surface area (Å²) in [5.74, 6) is 2.60. The standard InChI is InChI=1S/C44H36N4O.Pt/c1-29(2)24-32-22-23-45-43(25-32)47-41-21-18-35(33-12-7-5-8-13-33)26-40(41)39-20-19-38(28-42(39)47)49-37-17-11-16-36(27-37)48-31(4)44(30(3)46-48)34-14-9-6-10-15-34;/h5-23,25-26,29H,24H2,1-4H3;/q-2;+2. The van der Waals surface area contributed by atoms with Crippen LogP contribution < -0.4 is 4.74 Å². The Balaban J connectivity index is 0.00000392. The van der Waals surface area contributed by atoms with Crippen LogP contribution in [0.4, 0.5) is 0 Å². The molecule has 8 aromatic rings. The second-order valence-corrected chi connectivity index (χ2v) is 13.0. The molecule has 0 aliphatic rings. The minimum absolute atomic E-state index is 0. The van der Waals surface area contributed by atoms with Crippen LogP contribution in [0.25, 0.3) is 55.6 Å². The van der Waals surface area contributed by atoms with Crippen molar-refractivity contribution in [3.63, 3.8) is 0 Å². The third kappa shape index (κ3) is 6.30. The first kappa shape index (κ1) is 33.3. The maximum absolute atomic E-state index is 6.48. The Morgan fingerprint density at radius 2 is 1.44 bits per heavy atom. The molecule has 5 nitrogen and oxygen atoms in total. The monoisotopic (exact) mass is 831 g/mol. The molecule has 5 aromatic carbocycles. The minimum Gasteiger partial charge on any atom is -0.509 e. The number of hydrogen-bond acceptors (Lipinski definition) is 3. The Hall–Kier alpha value is -5.25. The second-order valence-electron chi connectivity index (χ2n) is 13.0. The Morgan fingerprint density at radius 3 is 2.20 bits per heavy atom. The summed E-state index contributed by atoms with van der Waals surface area (Å²) in [4.78, 5) is 4.85. The van der Waals surface area contributed by atoms with Gasteiger partial charge in [0.2, 0.25) is 0 Å². The van der Waals surface area contributed by atoms with Gasteiger partial charge in [0.05, 0.1) is 5.69 Å². The molecule has 0 atom stereocenters. The number of benzene rings is 5. The van der Waals surface area contributed by atoms with Crippen molar-refractivity contribution in [3.05, 3.63) is 157 Å². The van der Waals surface area contributed by atoms with Crippen molar-refractivity contribution in [3.8, 4) is 45.3 Å². The first-order valence-electron chi connectivity index (χ1n) is 16.8. The van der Waals surface area contributed by atoms with Gasteiger partial charge in [-0.05, 0) is 77.7 Å². The van der Waals surface area contributed by atoms with E-state index in [1.165, 1.54) is 16.7 Å². The van der Waals surface area contributed by atoms with Crippen LogP contribution in [0, 0.1) is 31.9 Å². The predicted octanol–water partition coefficient (Wildman–Crippen LogP) is 10.9. The summed E-state index contributed by atoms with van der Waals surface area (Å²) in [7, 11) is 0. The van der Waals surface area contributed by atoms with Crippen LogP contribution in [0.2, 0.25) is 0 Å². The fraction of sp³-hybridized carbons (Fsp3) is 0.136. The van der Waals surface area contributed by atoms with E-state index in [0.29, 0.717) is 17.4 Å². The third-order valence-corrected chi connectivity index (χ3v) is 8.99. The molecule has 0 unspecified atom stereocenters. The number of hydrogen-bond donors (Lipinski definition) is 0. The molecule has 248 valence electrons. The van der Waals surface area contributed by atoms with E-state index in [9.17, 15) is 0 Å². The number of nitrogens with zero attached hydrogens (tertiary/aromatic N) is 4. The molecule has 0 bridgehead atoms. The van der Waals surface area contributed by atoms with E-state index in [4.69, 9.17) is 14.8 Å². The van der Waals surface area contributed by atoms with E-state index in [0.717, 1.165) is 62.2 Å². The van der Waals surface area contributed by atoms with Crippen molar-refractivity contribution in [2.75, 3.05) is 0 Å². The normalized spacial score (nSPS) is 11.3. The second kappa shape index (κ2) is 13.9. The van der Waals surface area contributed by atoms with Crippen molar-refractivity contribution in [2.45, 2.75) is 34.1 Å². The number of pyridine rings is 1. The molecule has 0 amide bonds. The van der Waals surface area contributed by atoms with E-state index >= 15 is 0 Å². The van der Waals surface area contributed by atoms with Gasteiger partial charge in [0.1, 0.15) is 5.82 Å². The van der Waals surface area contributed by atoms with Gasteiger partial charge in [-0.25, -0.2) is 4.98 Å². The molecule has 0 spiro atoms. The summed E-state index contributed by atoms with van der Waals surface area (Å²) in [6.45, 7) is 8.63. The SMILES string of the molecule is Cc1nn(-c2[c-]c(Oc3[c-]c4c(cc3)c3cc(-c5ccccc5)ccc3n4-c3cc(CC(C)C)ccn3)ccc2)c(C)c1-c1ccccc1.[Pt+2]. The molecule has 3 aromatic heterocycles. The smallest absolute Gasteiger partial charge is 0.509 e. The van der Waals surface area contributed by atoms with Gasteiger partial charge in [-0.15, -0.1) is 35.7 Å². The van der Waals surface area contributed by atoms with Crippen LogP contribution in [0.1, 0.15) is 30.8 Å². The molecule has 0 saturated carbocycles. The van der Waals surface area contributed by atoms with E-state index in [1.807, 2.05) is 54.2 Å².